The molecular formula is C14H16Cl2N2O2. The van der Waals surface area contributed by atoms with E-state index in [0.29, 0.717) is 34.8 Å². The lowest BCUT2D eigenvalue weighted by molar-refractivity contribution is 0.133. The van der Waals surface area contributed by atoms with E-state index >= 15 is 0 Å². The van der Waals surface area contributed by atoms with Gasteiger partial charge in [0.2, 0.25) is 0 Å². The number of amides is 1. The Hall–Kier alpha value is -0.970. The molecule has 2 aliphatic heterocycles. The van der Waals surface area contributed by atoms with Crippen LogP contribution in [-0.4, -0.2) is 41.8 Å². The molecule has 1 aromatic carbocycles. The van der Waals surface area contributed by atoms with E-state index < -0.39 is 6.09 Å². The lowest BCUT2D eigenvalue weighted by atomic mass is 9.90. The van der Waals surface area contributed by atoms with Crippen LogP contribution in [0.5, 0.6) is 0 Å². The third-order valence-corrected chi connectivity index (χ3v) is 4.77. The number of halogens is 2. The summed E-state index contributed by atoms with van der Waals surface area (Å²) in [6, 6.07) is 5.42. The molecule has 1 amide bonds. The molecule has 1 unspecified atom stereocenters. The standard InChI is InChI=1S/C14H16Cl2N2O2/c15-10-1-8(2-11(16)4-10)3-13-12-6-17-5-9(12)7-18(13)14(19)20/h1-2,4,9,12-13,17H,3,5-7H2,(H,19,20)/t9-,12-,13?/m1/s1. The van der Waals surface area contributed by atoms with Gasteiger partial charge in [-0.2, -0.15) is 0 Å². The molecule has 3 atom stereocenters. The molecule has 20 heavy (non-hydrogen) atoms. The van der Waals surface area contributed by atoms with E-state index in [1.54, 1.807) is 11.0 Å². The molecule has 3 rings (SSSR count). The predicted octanol–water partition coefficient (Wildman–Crippen LogP) is 2.73. The Labute approximate surface area is 127 Å². The molecule has 2 aliphatic rings. The second kappa shape index (κ2) is 5.43. The van der Waals surface area contributed by atoms with Gasteiger partial charge in [0.05, 0.1) is 0 Å². The van der Waals surface area contributed by atoms with Gasteiger partial charge in [0.1, 0.15) is 0 Å². The van der Waals surface area contributed by atoms with Crippen molar-refractivity contribution in [1.82, 2.24) is 10.2 Å². The number of carbonyl (C=O) groups is 1. The van der Waals surface area contributed by atoms with Crippen molar-refractivity contribution in [2.75, 3.05) is 19.6 Å². The van der Waals surface area contributed by atoms with Crippen molar-refractivity contribution in [3.8, 4) is 0 Å². The average Bonchev–Trinajstić information content (AvgIpc) is 2.90. The van der Waals surface area contributed by atoms with Crippen molar-refractivity contribution in [3.63, 3.8) is 0 Å². The van der Waals surface area contributed by atoms with Gasteiger partial charge in [0, 0.05) is 35.7 Å². The van der Waals surface area contributed by atoms with Crippen LogP contribution in [0.3, 0.4) is 0 Å². The van der Waals surface area contributed by atoms with Gasteiger partial charge >= 0.3 is 6.09 Å². The van der Waals surface area contributed by atoms with Crippen LogP contribution in [0.1, 0.15) is 5.56 Å². The molecule has 1 aromatic rings. The summed E-state index contributed by atoms with van der Waals surface area (Å²) in [6.07, 6.45) is -0.173. The van der Waals surface area contributed by atoms with Crippen LogP contribution < -0.4 is 5.32 Å². The zero-order chi connectivity index (χ0) is 14.3. The quantitative estimate of drug-likeness (QED) is 0.882. The van der Waals surface area contributed by atoms with Crippen LogP contribution in [0.15, 0.2) is 18.2 Å². The topological polar surface area (TPSA) is 52.6 Å². The highest BCUT2D eigenvalue weighted by Gasteiger charge is 2.45. The highest BCUT2D eigenvalue weighted by Crippen LogP contribution is 2.35. The summed E-state index contributed by atoms with van der Waals surface area (Å²) in [4.78, 5) is 13.0. The van der Waals surface area contributed by atoms with Gasteiger partial charge < -0.3 is 15.3 Å². The SMILES string of the molecule is O=C(O)N1C[C@H]2CNC[C@H]2C1Cc1cc(Cl)cc(Cl)c1. The third-order valence-electron chi connectivity index (χ3n) is 4.33. The molecule has 2 heterocycles. The van der Waals surface area contributed by atoms with Crippen LogP contribution in [0.2, 0.25) is 10.0 Å². The summed E-state index contributed by atoms with van der Waals surface area (Å²) < 4.78 is 0. The van der Waals surface area contributed by atoms with E-state index in [1.807, 2.05) is 12.1 Å². The molecule has 0 radical (unpaired) electrons. The number of fused-ring (bicyclic) bond motifs is 1. The Kier molecular flexibility index (Phi) is 3.80. The summed E-state index contributed by atoms with van der Waals surface area (Å²) in [5.74, 6) is 0.801. The van der Waals surface area contributed by atoms with Crippen LogP contribution in [-0.2, 0) is 6.42 Å². The van der Waals surface area contributed by atoms with Gasteiger partial charge in [0.15, 0.2) is 0 Å². The molecule has 6 heteroatoms. The smallest absolute Gasteiger partial charge is 0.407 e. The van der Waals surface area contributed by atoms with Gasteiger partial charge in [-0.1, -0.05) is 23.2 Å². The number of rotatable bonds is 2. The van der Waals surface area contributed by atoms with Crippen molar-refractivity contribution in [1.29, 1.82) is 0 Å². The Morgan fingerprint density at radius 3 is 2.65 bits per heavy atom. The Bertz CT molecular complexity index is 518. The summed E-state index contributed by atoms with van der Waals surface area (Å²) >= 11 is 12.0. The lowest BCUT2D eigenvalue weighted by Gasteiger charge is -2.25. The van der Waals surface area contributed by atoms with E-state index in [2.05, 4.69) is 5.32 Å². The first-order valence-electron chi connectivity index (χ1n) is 6.70. The summed E-state index contributed by atoms with van der Waals surface area (Å²) in [7, 11) is 0. The maximum absolute atomic E-state index is 11.4. The fourth-order valence-electron chi connectivity index (χ4n) is 3.47. The lowest BCUT2D eigenvalue weighted by Crippen LogP contribution is -2.40. The average molecular weight is 315 g/mol. The third kappa shape index (κ3) is 2.60. The van der Waals surface area contributed by atoms with Crippen LogP contribution in [0.4, 0.5) is 4.79 Å². The van der Waals surface area contributed by atoms with Crippen molar-refractivity contribution in [2.45, 2.75) is 12.5 Å². The second-order valence-electron chi connectivity index (χ2n) is 5.57. The zero-order valence-corrected chi connectivity index (χ0v) is 12.4. The summed E-state index contributed by atoms with van der Waals surface area (Å²) in [5, 5.41) is 13.9. The Morgan fingerprint density at radius 2 is 2.00 bits per heavy atom. The highest BCUT2D eigenvalue weighted by molar-refractivity contribution is 6.34. The van der Waals surface area contributed by atoms with Gasteiger partial charge in [-0.15, -0.1) is 0 Å². The number of nitrogens with one attached hydrogen (secondary N) is 1. The number of benzene rings is 1. The fourth-order valence-corrected chi connectivity index (χ4v) is 4.05. The van der Waals surface area contributed by atoms with Gasteiger partial charge in [-0.05, 0) is 42.0 Å². The molecule has 2 N–H and O–H groups in total. The minimum atomic E-state index is -0.836. The zero-order valence-electron chi connectivity index (χ0n) is 10.9. The highest BCUT2D eigenvalue weighted by atomic mass is 35.5. The number of nitrogens with zero attached hydrogens (tertiary/aromatic N) is 1. The van der Waals surface area contributed by atoms with Crippen LogP contribution in [0, 0.1) is 11.8 Å². The largest absolute Gasteiger partial charge is 0.465 e. The number of hydrogen-bond donors (Lipinski definition) is 2. The normalized spacial score (nSPS) is 28.7. The molecule has 0 saturated carbocycles. The van der Waals surface area contributed by atoms with Gasteiger partial charge in [0.25, 0.3) is 0 Å². The summed E-state index contributed by atoms with van der Waals surface area (Å²) in [6.45, 7) is 2.40. The van der Waals surface area contributed by atoms with E-state index in [-0.39, 0.29) is 6.04 Å². The van der Waals surface area contributed by atoms with Gasteiger partial charge in [-0.25, -0.2) is 4.79 Å². The van der Waals surface area contributed by atoms with E-state index in [0.717, 1.165) is 18.7 Å². The molecule has 0 aromatic heterocycles. The molecule has 0 bridgehead atoms. The Morgan fingerprint density at radius 1 is 1.30 bits per heavy atom. The fraction of sp³-hybridized carbons (Fsp3) is 0.500. The molecule has 108 valence electrons. The monoisotopic (exact) mass is 314 g/mol. The first-order chi connectivity index (χ1) is 9.54. The van der Waals surface area contributed by atoms with Crippen molar-refractivity contribution in [3.05, 3.63) is 33.8 Å². The maximum Gasteiger partial charge on any atom is 0.407 e. The van der Waals surface area contributed by atoms with Crippen LogP contribution in [0.25, 0.3) is 0 Å². The van der Waals surface area contributed by atoms with Crippen molar-refractivity contribution < 1.29 is 9.90 Å². The number of carboxylic acid groups (broad SMARTS) is 1. The van der Waals surface area contributed by atoms with Crippen molar-refractivity contribution in [2.24, 2.45) is 11.8 Å². The van der Waals surface area contributed by atoms with Gasteiger partial charge in [-0.3, -0.25) is 0 Å². The first kappa shape index (κ1) is 14.0. The van der Waals surface area contributed by atoms with E-state index in [9.17, 15) is 9.90 Å². The number of likely N-dealkylation sites (tertiary alicyclic amines) is 1. The van der Waals surface area contributed by atoms with Crippen molar-refractivity contribution >= 4 is 29.3 Å². The molecule has 2 fully saturated rings. The molecular weight excluding hydrogens is 299 g/mol. The first-order valence-corrected chi connectivity index (χ1v) is 7.45. The minimum absolute atomic E-state index is 0.00188. The Balaban J connectivity index is 1.84. The van der Waals surface area contributed by atoms with E-state index in [1.165, 1.54) is 0 Å². The molecule has 0 spiro atoms. The van der Waals surface area contributed by atoms with E-state index in [4.69, 9.17) is 23.2 Å². The number of hydrogen-bond acceptors (Lipinski definition) is 2. The van der Waals surface area contributed by atoms with Crippen LogP contribution >= 0.6 is 23.2 Å². The maximum atomic E-state index is 11.4. The minimum Gasteiger partial charge on any atom is -0.465 e. The molecule has 4 nitrogen and oxygen atoms in total. The predicted molar refractivity (Wildman–Crippen MR) is 78.5 cm³/mol. The molecule has 0 aliphatic carbocycles. The summed E-state index contributed by atoms with van der Waals surface area (Å²) in [5.41, 5.74) is 0.992. The second-order valence-corrected chi connectivity index (χ2v) is 6.44. The molecule has 2 saturated heterocycles.